The number of fused-ring (bicyclic) bond motifs is 1. The maximum absolute atomic E-state index is 9.89. The third-order valence-electron chi connectivity index (χ3n) is 5.34. The lowest BCUT2D eigenvalue weighted by Gasteiger charge is -2.45. The molecule has 2 heteroatoms. The van der Waals surface area contributed by atoms with Gasteiger partial charge in [-0.1, -0.05) is 62.4 Å². The summed E-state index contributed by atoms with van der Waals surface area (Å²) in [5.41, 5.74) is 3.94. The van der Waals surface area contributed by atoms with E-state index < -0.39 is 0 Å². The summed E-state index contributed by atoms with van der Waals surface area (Å²) in [6.45, 7) is 5.52. The van der Waals surface area contributed by atoms with Crippen LogP contribution in [-0.4, -0.2) is 29.6 Å². The number of aryl methyl sites for hydroxylation is 1. The molecule has 24 heavy (non-hydrogen) atoms. The van der Waals surface area contributed by atoms with Gasteiger partial charge in [0.2, 0.25) is 0 Å². The van der Waals surface area contributed by atoms with Crippen molar-refractivity contribution in [3.05, 3.63) is 71.3 Å². The topological polar surface area (TPSA) is 23.5 Å². The van der Waals surface area contributed by atoms with Crippen LogP contribution in [0.4, 0.5) is 0 Å². The van der Waals surface area contributed by atoms with Gasteiger partial charge in [-0.3, -0.25) is 4.90 Å². The van der Waals surface area contributed by atoms with E-state index in [9.17, 15) is 5.11 Å². The average Bonchev–Trinajstić information content (AvgIpc) is 2.56. The second kappa shape index (κ2) is 6.82. The molecular weight excluding hydrogens is 294 g/mol. The van der Waals surface area contributed by atoms with Crippen LogP contribution in [0.2, 0.25) is 0 Å². The predicted molar refractivity (Wildman–Crippen MR) is 101 cm³/mol. The van der Waals surface area contributed by atoms with Crippen molar-refractivity contribution >= 4 is 6.08 Å². The van der Waals surface area contributed by atoms with Crippen LogP contribution in [0.15, 0.2) is 54.6 Å². The summed E-state index contributed by atoms with van der Waals surface area (Å²) in [5, 5.41) is 9.89. The molecule has 0 heterocycles. The Labute approximate surface area is 145 Å². The van der Waals surface area contributed by atoms with Crippen molar-refractivity contribution in [2.24, 2.45) is 0 Å². The third-order valence-corrected chi connectivity index (χ3v) is 5.34. The highest BCUT2D eigenvalue weighted by Gasteiger charge is 2.38. The van der Waals surface area contributed by atoms with Gasteiger partial charge in [0.05, 0.1) is 0 Å². The van der Waals surface area contributed by atoms with E-state index >= 15 is 0 Å². The molecule has 2 aromatic rings. The molecule has 2 nitrogen and oxygen atoms in total. The number of nitrogens with zero attached hydrogens (tertiary/aromatic N) is 1. The summed E-state index contributed by atoms with van der Waals surface area (Å²) < 4.78 is 0. The fourth-order valence-electron chi connectivity index (χ4n) is 4.03. The molecule has 1 aliphatic carbocycles. The summed E-state index contributed by atoms with van der Waals surface area (Å²) in [5.74, 6) is 0.370. The van der Waals surface area contributed by atoms with E-state index in [1.165, 1.54) is 16.7 Å². The first-order valence-electron chi connectivity index (χ1n) is 8.72. The lowest BCUT2D eigenvalue weighted by molar-refractivity contribution is 0.159. The van der Waals surface area contributed by atoms with Gasteiger partial charge in [0.25, 0.3) is 0 Å². The number of benzene rings is 2. The Balaban J connectivity index is 1.73. The van der Waals surface area contributed by atoms with Crippen molar-refractivity contribution in [3.8, 4) is 5.75 Å². The molecule has 0 fully saturated rings. The molecule has 3 rings (SSSR count). The van der Waals surface area contributed by atoms with Crippen LogP contribution < -0.4 is 0 Å². The van der Waals surface area contributed by atoms with Gasteiger partial charge in [-0.15, -0.1) is 0 Å². The maximum Gasteiger partial charge on any atom is 0.115 e. The first-order valence-corrected chi connectivity index (χ1v) is 8.72. The summed E-state index contributed by atoms with van der Waals surface area (Å²) >= 11 is 0. The smallest absolute Gasteiger partial charge is 0.115 e. The zero-order chi connectivity index (χ0) is 17.2. The quantitative estimate of drug-likeness (QED) is 0.887. The Hall–Kier alpha value is -2.06. The van der Waals surface area contributed by atoms with Crippen molar-refractivity contribution in [3.63, 3.8) is 0 Å². The molecule has 0 saturated carbocycles. The lowest BCUT2D eigenvalue weighted by atomic mass is 9.68. The molecule has 1 atom stereocenters. The van der Waals surface area contributed by atoms with Gasteiger partial charge < -0.3 is 5.11 Å². The van der Waals surface area contributed by atoms with Crippen LogP contribution in [0.25, 0.3) is 6.08 Å². The van der Waals surface area contributed by atoms with Crippen LogP contribution in [0.5, 0.6) is 5.75 Å². The van der Waals surface area contributed by atoms with Gasteiger partial charge in [-0.05, 0) is 48.7 Å². The molecule has 126 valence electrons. The Bertz CT molecular complexity index is 718. The molecule has 0 aliphatic heterocycles. The SMILES string of the molecule is CN(C/C=C/c1ccccc1)C1CCc2ccc(O)cc2C1(C)C. The largest absolute Gasteiger partial charge is 0.508 e. The Morgan fingerprint density at radius 1 is 1.17 bits per heavy atom. The zero-order valence-electron chi connectivity index (χ0n) is 14.9. The van der Waals surface area contributed by atoms with E-state index in [1.807, 2.05) is 18.2 Å². The minimum absolute atomic E-state index is 0.0294. The van der Waals surface area contributed by atoms with E-state index in [-0.39, 0.29) is 5.41 Å². The minimum atomic E-state index is 0.0294. The number of likely N-dealkylation sites (N-methyl/N-ethyl adjacent to an activating group) is 1. The molecule has 1 aliphatic rings. The van der Waals surface area contributed by atoms with Gasteiger partial charge in [0, 0.05) is 18.0 Å². The molecular formula is C22H27NO. The number of hydrogen-bond acceptors (Lipinski definition) is 2. The van der Waals surface area contributed by atoms with Gasteiger partial charge in [0.1, 0.15) is 5.75 Å². The van der Waals surface area contributed by atoms with Crippen molar-refractivity contribution in [2.45, 2.75) is 38.1 Å². The van der Waals surface area contributed by atoms with Crippen LogP contribution in [-0.2, 0) is 11.8 Å². The first-order chi connectivity index (χ1) is 11.5. The van der Waals surface area contributed by atoms with Crippen molar-refractivity contribution in [2.75, 3.05) is 13.6 Å². The molecule has 0 spiro atoms. The normalized spacial score (nSPS) is 19.6. The van der Waals surface area contributed by atoms with Crippen molar-refractivity contribution < 1.29 is 5.11 Å². The fourth-order valence-corrected chi connectivity index (χ4v) is 4.03. The number of hydrogen-bond donors (Lipinski definition) is 1. The monoisotopic (exact) mass is 321 g/mol. The fraction of sp³-hybridized carbons (Fsp3) is 0.364. The Morgan fingerprint density at radius 2 is 1.92 bits per heavy atom. The summed E-state index contributed by atoms with van der Waals surface area (Å²) in [6, 6.07) is 16.7. The van der Waals surface area contributed by atoms with Gasteiger partial charge >= 0.3 is 0 Å². The number of aromatic hydroxyl groups is 1. The van der Waals surface area contributed by atoms with Crippen LogP contribution in [0.3, 0.4) is 0 Å². The van der Waals surface area contributed by atoms with Crippen LogP contribution >= 0.6 is 0 Å². The molecule has 0 bridgehead atoms. The molecule has 1 unspecified atom stereocenters. The molecule has 0 radical (unpaired) electrons. The van der Waals surface area contributed by atoms with Gasteiger partial charge in [0.15, 0.2) is 0 Å². The second-order valence-corrected chi connectivity index (χ2v) is 7.37. The Morgan fingerprint density at radius 3 is 2.67 bits per heavy atom. The average molecular weight is 321 g/mol. The number of phenolic OH excluding ortho intramolecular Hbond substituents is 1. The van der Waals surface area contributed by atoms with Crippen molar-refractivity contribution in [1.82, 2.24) is 4.90 Å². The number of phenols is 1. The number of rotatable bonds is 4. The zero-order valence-corrected chi connectivity index (χ0v) is 14.9. The van der Waals surface area contributed by atoms with Gasteiger partial charge in [-0.2, -0.15) is 0 Å². The van der Waals surface area contributed by atoms with Gasteiger partial charge in [-0.25, -0.2) is 0 Å². The Kier molecular flexibility index (Phi) is 4.77. The standard InChI is InChI=1S/C22H27NO/c1-22(2)20-16-19(24)13-11-18(20)12-14-21(22)23(3)15-7-10-17-8-5-4-6-9-17/h4-11,13,16,21,24H,12,14-15H2,1-3H3/b10-7+. The van der Waals surface area contributed by atoms with Crippen LogP contribution in [0, 0.1) is 0 Å². The highest BCUT2D eigenvalue weighted by molar-refractivity contribution is 5.49. The van der Waals surface area contributed by atoms with E-state index in [4.69, 9.17) is 0 Å². The molecule has 0 amide bonds. The molecule has 2 aromatic carbocycles. The molecule has 0 aromatic heterocycles. The van der Waals surface area contributed by atoms with E-state index in [2.05, 4.69) is 68.3 Å². The molecule has 1 N–H and O–H groups in total. The summed E-state index contributed by atoms with van der Waals surface area (Å²) in [4.78, 5) is 2.44. The minimum Gasteiger partial charge on any atom is -0.508 e. The highest BCUT2D eigenvalue weighted by atomic mass is 16.3. The maximum atomic E-state index is 9.89. The predicted octanol–water partition coefficient (Wildman–Crippen LogP) is 4.63. The summed E-state index contributed by atoms with van der Waals surface area (Å²) in [7, 11) is 2.20. The second-order valence-electron chi connectivity index (χ2n) is 7.37. The van der Waals surface area contributed by atoms with Crippen molar-refractivity contribution in [1.29, 1.82) is 0 Å². The lowest BCUT2D eigenvalue weighted by Crippen LogP contribution is -2.48. The third kappa shape index (κ3) is 3.39. The first kappa shape index (κ1) is 16.8. The van der Waals surface area contributed by atoms with Crippen LogP contribution in [0.1, 0.15) is 37.0 Å². The summed E-state index contributed by atoms with van der Waals surface area (Å²) in [6.07, 6.45) is 6.66. The van der Waals surface area contributed by atoms with E-state index in [0.29, 0.717) is 11.8 Å². The molecule has 0 saturated heterocycles. The van der Waals surface area contributed by atoms with E-state index in [1.54, 1.807) is 0 Å². The highest BCUT2D eigenvalue weighted by Crippen LogP contribution is 2.40. The van der Waals surface area contributed by atoms with E-state index in [0.717, 1.165) is 19.4 Å².